The van der Waals surface area contributed by atoms with Crippen LogP contribution in [0.2, 0.25) is 0 Å². The van der Waals surface area contributed by atoms with Gasteiger partial charge < -0.3 is 9.80 Å². The summed E-state index contributed by atoms with van der Waals surface area (Å²) >= 11 is 0. The Morgan fingerprint density at radius 1 is 1.09 bits per heavy atom. The molecule has 12 heteroatoms. The molecule has 32 heavy (non-hydrogen) atoms. The Morgan fingerprint density at radius 3 is 2.41 bits per heavy atom. The molecule has 1 saturated carbocycles. The molecule has 3 atom stereocenters. The number of alkyl halides is 6. The van der Waals surface area contributed by atoms with Gasteiger partial charge in [-0.15, -0.1) is 0 Å². The quantitative estimate of drug-likeness (QED) is 0.491. The van der Waals surface area contributed by atoms with Gasteiger partial charge in [0.05, 0.1) is 17.4 Å². The molecule has 4 rings (SSSR count). The second-order valence-corrected chi connectivity index (χ2v) is 7.91. The van der Waals surface area contributed by atoms with Gasteiger partial charge in [0.2, 0.25) is 11.9 Å². The topological polar surface area (TPSA) is 49.3 Å². The molecule has 2 fully saturated rings. The average Bonchev–Trinajstić information content (AvgIpc) is 3.33. The molecule has 0 unspecified atom stereocenters. The van der Waals surface area contributed by atoms with Crippen LogP contribution in [-0.2, 0) is 17.1 Å². The first-order chi connectivity index (χ1) is 14.9. The highest BCUT2D eigenvalue weighted by atomic mass is 19.4. The Bertz CT molecular complexity index is 990. The minimum atomic E-state index is -5.09. The minimum absolute atomic E-state index is 0.0367. The van der Waals surface area contributed by atoms with Crippen LogP contribution in [-0.4, -0.2) is 35.0 Å². The van der Waals surface area contributed by atoms with Gasteiger partial charge in [0.15, 0.2) is 0 Å². The van der Waals surface area contributed by atoms with E-state index in [0.717, 1.165) is 12.3 Å². The maximum Gasteiger partial charge on any atom is 0.433 e. The highest BCUT2D eigenvalue weighted by Crippen LogP contribution is 2.46. The fraction of sp³-hybridized carbons (Fsp3) is 0.450. The summed E-state index contributed by atoms with van der Waals surface area (Å²) in [6.45, 7) is 0. The van der Waals surface area contributed by atoms with Gasteiger partial charge in [-0.1, -0.05) is 0 Å². The summed E-state index contributed by atoms with van der Waals surface area (Å²) in [5.41, 5.74) is -2.92. The van der Waals surface area contributed by atoms with Crippen LogP contribution in [0.15, 0.2) is 30.5 Å². The van der Waals surface area contributed by atoms with Gasteiger partial charge in [0.1, 0.15) is 17.6 Å². The van der Waals surface area contributed by atoms with E-state index in [1.54, 1.807) is 0 Å². The zero-order chi connectivity index (χ0) is 23.4. The molecule has 1 aliphatic carbocycles. The number of hydrogen-bond donors (Lipinski definition) is 0. The molecule has 5 nitrogen and oxygen atoms in total. The van der Waals surface area contributed by atoms with Crippen LogP contribution in [0.3, 0.4) is 0 Å². The van der Waals surface area contributed by atoms with Crippen molar-refractivity contribution in [3.8, 4) is 0 Å². The number of pyridine rings is 2. The number of likely N-dealkylation sites (N-methyl/N-ethyl adjacent to an activating group) is 1. The summed E-state index contributed by atoms with van der Waals surface area (Å²) in [6.07, 6.45) is -7.41. The van der Waals surface area contributed by atoms with Gasteiger partial charge in [-0.05, 0) is 49.4 Å². The number of rotatable bonds is 3. The number of amides is 1. The van der Waals surface area contributed by atoms with Gasteiger partial charge in [0, 0.05) is 13.1 Å². The smallest absolute Gasteiger partial charge is 0.341 e. The molecular weight excluding hydrogens is 445 g/mol. The van der Waals surface area contributed by atoms with Gasteiger partial charge in [0.25, 0.3) is 0 Å². The third-order valence-electron chi connectivity index (χ3n) is 5.96. The van der Waals surface area contributed by atoms with Gasteiger partial charge >= 0.3 is 12.4 Å². The summed E-state index contributed by atoms with van der Waals surface area (Å²) in [6, 6.07) is 1.45. The Morgan fingerprint density at radius 2 is 1.81 bits per heavy atom. The Hall–Kier alpha value is -2.92. The first kappa shape index (κ1) is 22.3. The zero-order valence-corrected chi connectivity index (χ0v) is 16.6. The highest BCUT2D eigenvalue weighted by molar-refractivity contribution is 5.99. The van der Waals surface area contributed by atoms with Crippen molar-refractivity contribution in [2.24, 2.45) is 5.92 Å². The second-order valence-electron chi connectivity index (χ2n) is 7.91. The molecule has 2 aliphatic rings. The molecular formula is C20H17F7N4O. The predicted molar refractivity (Wildman–Crippen MR) is 99.2 cm³/mol. The standard InChI is InChI=1S/C20H17F7N4O/c1-30(13-4-5-15(21)28-9-13)18(32)17-10-2-3-12(6-10)31(17)16-8-11(19(22,23)24)7-14(29-16)20(25,26)27/h4-5,7-10,12,17H,2-3,6H2,1H3/t10-,12+,17-/m0/s1. The van der Waals surface area contributed by atoms with E-state index in [1.165, 1.54) is 22.9 Å². The molecule has 1 amide bonds. The van der Waals surface area contributed by atoms with Crippen LogP contribution in [0.5, 0.6) is 0 Å². The van der Waals surface area contributed by atoms with E-state index in [1.807, 2.05) is 0 Å². The maximum atomic E-state index is 13.3. The van der Waals surface area contributed by atoms with Gasteiger partial charge in [-0.2, -0.15) is 30.7 Å². The number of fused-ring (bicyclic) bond motifs is 2. The number of hydrogen-bond acceptors (Lipinski definition) is 4. The van der Waals surface area contributed by atoms with Crippen LogP contribution in [0.25, 0.3) is 0 Å². The van der Waals surface area contributed by atoms with Crippen molar-refractivity contribution in [3.05, 3.63) is 47.7 Å². The fourth-order valence-electron chi connectivity index (χ4n) is 4.48. The number of carbonyl (C=O) groups excluding carboxylic acids is 1. The van der Waals surface area contributed by atoms with Crippen LogP contribution in [0.1, 0.15) is 30.5 Å². The van der Waals surface area contributed by atoms with Crippen LogP contribution < -0.4 is 9.80 Å². The fourth-order valence-corrected chi connectivity index (χ4v) is 4.48. The van der Waals surface area contributed by atoms with Crippen molar-refractivity contribution in [1.82, 2.24) is 9.97 Å². The van der Waals surface area contributed by atoms with Crippen LogP contribution >= 0.6 is 0 Å². The van der Waals surface area contributed by atoms with Crippen molar-refractivity contribution >= 4 is 17.4 Å². The molecule has 172 valence electrons. The molecule has 0 N–H and O–H groups in total. The number of aromatic nitrogens is 2. The number of piperidine rings is 1. The van der Waals surface area contributed by atoms with Crippen LogP contribution in [0.4, 0.5) is 42.2 Å². The summed E-state index contributed by atoms with van der Waals surface area (Å²) in [7, 11) is 1.39. The normalized spacial score (nSPS) is 23.0. The van der Waals surface area contributed by atoms with Crippen molar-refractivity contribution in [2.75, 3.05) is 16.8 Å². The van der Waals surface area contributed by atoms with E-state index < -0.39 is 53.4 Å². The van der Waals surface area contributed by atoms with Crippen molar-refractivity contribution in [3.63, 3.8) is 0 Å². The zero-order valence-electron chi connectivity index (χ0n) is 16.6. The van der Waals surface area contributed by atoms with Crippen LogP contribution in [0, 0.1) is 11.9 Å². The molecule has 3 heterocycles. The lowest BCUT2D eigenvalue weighted by atomic mass is 9.97. The van der Waals surface area contributed by atoms with E-state index in [0.29, 0.717) is 25.3 Å². The lowest BCUT2D eigenvalue weighted by Gasteiger charge is -2.37. The Labute approximate surface area is 177 Å². The van der Waals surface area contributed by atoms with Crippen molar-refractivity contribution in [2.45, 2.75) is 43.7 Å². The monoisotopic (exact) mass is 462 g/mol. The minimum Gasteiger partial charge on any atom is -0.341 e. The SMILES string of the molecule is CN(C(=O)[C@@H]1[C@H]2CC[C@H](C2)N1c1cc(C(F)(F)F)cc(C(F)(F)F)n1)c1ccc(F)nc1. The summed E-state index contributed by atoms with van der Waals surface area (Å²) < 4.78 is 92.9. The van der Waals surface area contributed by atoms with E-state index in [-0.39, 0.29) is 17.7 Å². The maximum absolute atomic E-state index is 13.3. The highest BCUT2D eigenvalue weighted by Gasteiger charge is 2.51. The van der Waals surface area contributed by atoms with Gasteiger partial charge in [-0.25, -0.2) is 9.97 Å². The molecule has 1 saturated heterocycles. The molecule has 0 spiro atoms. The van der Waals surface area contributed by atoms with E-state index >= 15 is 0 Å². The van der Waals surface area contributed by atoms with Crippen molar-refractivity contribution < 1.29 is 35.5 Å². The van der Waals surface area contributed by atoms with E-state index in [2.05, 4.69) is 9.97 Å². The molecule has 2 aromatic heterocycles. The molecule has 1 aliphatic heterocycles. The second kappa shape index (κ2) is 7.59. The predicted octanol–water partition coefficient (Wildman–Crippen LogP) is 4.67. The average molecular weight is 462 g/mol. The number of anilines is 2. The third kappa shape index (κ3) is 3.97. The Balaban J connectivity index is 1.75. The largest absolute Gasteiger partial charge is 0.433 e. The molecule has 0 radical (unpaired) electrons. The first-order valence-corrected chi connectivity index (χ1v) is 9.70. The summed E-state index contributed by atoms with van der Waals surface area (Å²) in [4.78, 5) is 22.6. The number of nitrogens with zero attached hydrogens (tertiary/aromatic N) is 4. The van der Waals surface area contributed by atoms with E-state index in [4.69, 9.17) is 0 Å². The Kier molecular flexibility index (Phi) is 5.29. The molecule has 2 aromatic rings. The third-order valence-corrected chi connectivity index (χ3v) is 5.96. The summed E-state index contributed by atoms with van der Waals surface area (Å²) in [5.74, 6) is -2.10. The van der Waals surface area contributed by atoms with Gasteiger partial charge in [-0.3, -0.25) is 4.79 Å². The summed E-state index contributed by atoms with van der Waals surface area (Å²) in [5, 5.41) is 0. The molecule has 0 aromatic carbocycles. The van der Waals surface area contributed by atoms with Crippen molar-refractivity contribution in [1.29, 1.82) is 0 Å². The molecule has 2 bridgehead atoms. The lowest BCUT2D eigenvalue weighted by molar-refractivity contribution is -0.145. The van der Waals surface area contributed by atoms with E-state index in [9.17, 15) is 35.5 Å². The lowest BCUT2D eigenvalue weighted by Crippen LogP contribution is -2.51. The number of halogens is 7. The first-order valence-electron chi connectivity index (χ1n) is 9.70. The number of carbonyl (C=O) groups is 1.